The molecule has 0 bridgehead atoms. The predicted molar refractivity (Wildman–Crippen MR) is 109 cm³/mol. The molecule has 5 amide bonds. The molecule has 3 heterocycles. The van der Waals surface area contributed by atoms with Crippen molar-refractivity contribution in [1.29, 1.82) is 0 Å². The molecule has 1 fully saturated rings. The lowest BCUT2D eigenvalue weighted by molar-refractivity contribution is -0.134. The number of para-hydroxylation sites is 2. The van der Waals surface area contributed by atoms with Crippen molar-refractivity contribution >= 4 is 29.4 Å². The molecular formula is C21H21N5O5. The van der Waals surface area contributed by atoms with E-state index < -0.39 is 36.0 Å². The van der Waals surface area contributed by atoms with E-state index in [4.69, 9.17) is 4.74 Å². The van der Waals surface area contributed by atoms with E-state index in [9.17, 15) is 19.2 Å². The molecule has 4 rings (SSSR count). The summed E-state index contributed by atoms with van der Waals surface area (Å²) in [7, 11) is 1.48. The van der Waals surface area contributed by atoms with Gasteiger partial charge in [-0.25, -0.2) is 4.79 Å². The molecule has 2 N–H and O–H groups in total. The first-order chi connectivity index (χ1) is 14.8. The van der Waals surface area contributed by atoms with E-state index >= 15 is 0 Å². The lowest BCUT2D eigenvalue weighted by Crippen LogP contribution is -2.52. The molecule has 2 aliphatic heterocycles. The molecule has 160 valence electrons. The Kier molecular flexibility index (Phi) is 5.05. The zero-order valence-corrected chi connectivity index (χ0v) is 17.0. The van der Waals surface area contributed by atoms with E-state index in [1.165, 1.54) is 18.1 Å². The van der Waals surface area contributed by atoms with Crippen LogP contribution in [0.1, 0.15) is 12.6 Å². The summed E-state index contributed by atoms with van der Waals surface area (Å²) < 4.78 is 5.69. The highest BCUT2D eigenvalue weighted by Crippen LogP contribution is 2.34. The van der Waals surface area contributed by atoms with Crippen molar-refractivity contribution in [2.24, 2.45) is 0 Å². The van der Waals surface area contributed by atoms with Gasteiger partial charge in [0, 0.05) is 13.2 Å². The molecule has 10 nitrogen and oxygen atoms in total. The van der Waals surface area contributed by atoms with Crippen LogP contribution in [0.4, 0.5) is 10.5 Å². The average molecular weight is 423 g/mol. The molecule has 0 aliphatic carbocycles. The number of nitrogens with one attached hydrogen (secondary N) is 2. The second-order valence-corrected chi connectivity index (χ2v) is 7.35. The Hall–Kier alpha value is -3.95. The molecule has 2 atom stereocenters. The van der Waals surface area contributed by atoms with E-state index in [2.05, 4.69) is 15.6 Å². The summed E-state index contributed by atoms with van der Waals surface area (Å²) in [6.45, 7) is 1.02. The Morgan fingerprint density at radius 3 is 2.68 bits per heavy atom. The number of carbonyl (C=O) groups is 4. The Balaban J connectivity index is 1.58. The van der Waals surface area contributed by atoms with Crippen molar-refractivity contribution in [3.05, 3.63) is 54.4 Å². The lowest BCUT2D eigenvalue weighted by Gasteiger charge is -2.34. The van der Waals surface area contributed by atoms with Gasteiger partial charge >= 0.3 is 6.03 Å². The van der Waals surface area contributed by atoms with Crippen molar-refractivity contribution in [1.82, 2.24) is 20.5 Å². The zero-order chi connectivity index (χ0) is 22.2. The maximum Gasteiger partial charge on any atom is 0.325 e. The number of carbonyl (C=O) groups excluding carboxylic acids is 4. The number of amides is 5. The number of pyridine rings is 1. The van der Waals surface area contributed by atoms with E-state index in [1.807, 2.05) is 0 Å². The van der Waals surface area contributed by atoms with Gasteiger partial charge in [-0.1, -0.05) is 18.2 Å². The highest BCUT2D eigenvalue weighted by molar-refractivity contribution is 6.10. The maximum absolute atomic E-state index is 13.2. The Bertz CT molecular complexity index is 1060. The van der Waals surface area contributed by atoms with Gasteiger partial charge in [-0.15, -0.1) is 0 Å². The smallest absolute Gasteiger partial charge is 0.325 e. The van der Waals surface area contributed by atoms with Crippen molar-refractivity contribution in [3.8, 4) is 5.75 Å². The van der Waals surface area contributed by atoms with E-state index in [0.717, 1.165) is 4.90 Å². The second-order valence-electron chi connectivity index (χ2n) is 7.35. The van der Waals surface area contributed by atoms with Gasteiger partial charge in [0.2, 0.25) is 5.91 Å². The zero-order valence-electron chi connectivity index (χ0n) is 17.0. The van der Waals surface area contributed by atoms with Crippen LogP contribution in [0.2, 0.25) is 0 Å². The number of rotatable bonds is 4. The molecule has 2 aliphatic rings. The fourth-order valence-electron chi connectivity index (χ4n) is 3.66. The predicted octanol–water partition coefficient (Wildman–Crippen LogP) is 0.389. The molecule has 1 aromatic heterocycles. The van der Waals surface area contributed by atoms with Crippen molar-refractivity contribution in [2.45, 2.75) is 18.6 Å². The van der Waals surface area contributed by atoms with Crippen LogP contribution < -0.4 is 20.3 Å². The normalized spacial score (nSPS) is 22.5. The minimum atomic E-state index is -1.37. The van der Waals surface area contributed by atoms with E-state index in [1.54, 1.807) is 49.4 Å². The molecule has 0 radical (unpaired) electrons. The Morgan fingerprint density at radius 2 is 1.97 bits per heavy atom. The first kappa shape index (κ1) is 20.3. The van der Waals surface area contributed by atoms with Gasteiger partial charge in [-0.3, -0.25) is 24.3 Å². The minimum Gasteiger partial charge on any atom is -0.477 e. The number of ether oxygens (including phenoxy) is 1. The number of anilines is 1. The molecule has 1 saturated heterocycles. The molecule has 1 aromatic carbocycles. The highest BCUT2D eigenvalue weighted by atomic mass is 16.5. The van der Waals surface area contributed by atoms with Gasteiger partial charge in [-0.05, 0) is 31.2 Å². The average Bonchev–Trinajstić information content (AvgIpc) is 3.02. The lowest BCUT2D eigenvalue weighted by atomic mass is 9.97. The van der Waals surface area contributed by atoms with Crippen LogP contribution in [-0.4, -0.2) is 59.9 Å². The van der Waals surface area contributed by atoms with Gasteiger partial charge in [0.1, 0.15) is 12.3 Å². The van der Waals surface area contributed by atoms with Crippen LogP contribution in [0.3, 0.4) is 0 Å². The summed E-state index contributed by atoms with van der Waals surface area (Å²) in [5.74, 6) is -1.11. The number of benzene rings is 1. The number of nitrogens with zero attached hydrogens (tertiary/aromatic N) is 3. The molecular weight excluding hydrogens is 402 g/mol. The summed E-state index contributed by atoms with van der Waals surface area (Å²) in [4.78, 5) is 57.3. The maximum atomic E-state index is 13.2. The largest absolute Gasteiger partial charge is 0.477 e. The SMILES string of the molecule is CNC(=O)C1CN(C(=O)CN2C(=O)NC(C)(c3ccccn3)C2=O)c2ccccc2O1. The minimum absolute atomic E-state index is 0.0450. The molecule has 2 aromatic rings. The van der Waals surface area contributed by atoms with Crippen LogP contribution >= 0.6 is 0 Å². The van der Waals surface area contributed by atoms with E-state index in [0.29, 0.717) is 17.1 Å². The highest BCUT2D eigenvalue weighted by Gasteiger charge is 2.51. The molecule has 0 saturated carbocycles. The summed E-state index contributed by atoms with van der Waals surface area (Å²) in [6, 6.07) is 11.1. The van der Waals surface area contributed by atoms with Crippen molar-refractivity contribution in [2.75, 3.05) is 25.0 Å². The standard InChI is InChI=1S/C21H21N5O5/c1-21(16-9-5-6-10-23-16)19(29)26(20(30)24-21)12-17(27)25-11-15(18(28)22-2)31-14-8-4-3-7-13(14)25/h3-10,15H,11-12H2,1-2H3,(H,22,28)(H,24,30). The first-order valence-corrected chi connectivity index (χ1v) is 9.68. The number of hydrogen-bond donors (Lipinski definition) is 2. The molecule has 10 heteroatoms. The summed E-state index contributed by atoms with van der Waals surface area (Å²) >= 11 is 0. The van der Waals surface area contributed by atoms with Crippen molar-refractivity contribution < 1.29 is 23.9 Å². The number of fused-ring (bicyclic) bond motifs is 1. The molecule has 0 spiro atoms. The van der Waals surface area contributed by atoms with Gasteiger partial charge in [-0.2, -0.15) is 0 Å². The summed E-state index contributed by atoms with van der Waals surface area (Å²) in [5, 5.41) is 5.13. The number of hydrogen-bond acceptors (Lipinski definition) is 6. The van der Waals surface area contributed by atoms with Crippen LogP contribution in [0.25, 0.3) is 0 Å². The second kappa shape index (κ2) is 7.71. The van der Waals surface area contributed by atoms with Gasteiger partial charge < -0.3 is 20.3 Å². The molecule has 2 unspecified atom stereocenters. The fourth-order valence-corrected chi connectivity index (χ4v) is 3.66. The summed E-state index contributed by atoms with van der Waals surface area (Å²) in [6.07, 6.45) is 0.614. The fraction of sp³-hybridized carbons (Fsp3) is 0.286. The Morgan fingerprint density at radius 1 is 1.23 bits per heavy atom. The molecule has 31 heavy (non-hydrogen) atoms. The number of aromatic nitrogens is 1. The third-order valence-corrected chi connectivity index (χ3v) is 5.36. The van der Waals surface area contributed by atoms with Gasteiger partial charge in [0.25, 0.3) is 11.8 Å². The number of urea groups is 1. The third kappa shape index (κ3) is 3.45. The van der Waals surface area contributed by atoms with E-state index in [-0.39, 0.29) is 12.5 Å². The third-order valence-electron chi connectivity index (χ3n) is 5.36. The van der Waals surface area contributed by atoms with Crippen LogP contribution in [0, 0.1) is 0 Å². The quantitative estimate of drug-likeness (QED) is 0.687. The topological polar surface area (TPSA) is 121 Å². The monoisotopic (exact) mass is 423 g/mol. The van der Waals surface area contributed by atoms with Crippen LogP contribution in [0.5, 0.6) is 5.75 Å². The number of imide groups is 1. The van der Waals surface area contributed by atoms with Gasteiger partial charge in [0.05, 0.1) is 17.9 Å². The number of likely N-dealkylation sites (N-methyl/N-ethyl adjacent to an activating group) is 1. The first-order valence-electron chi connectivity index (χ1n) is 9.68. The van der Waals surface area contributed by atoms with Crippen LogP contribution in [-0.2, 0) is 19.9 Å². The summed E-state index contributed by atoms with van der Waals surface area (Å²) in [5.41, 5.74) is -0.529. The van der Waals surface area contributed by atoms with Gasteiger partial charge in [0.15, 0.2) is 11.6 Å². The Labute approximate surface area is 178 Å². The van der Waals surface area contributed by atoms with Crippen molar-refractivity contribution in [3.63, 3.8) is 0 Å². The van der Waals surface area contributed by atoms with Crippen LogP contribution in [0.15, 0.2) is 48.7 Å².